The normalized spacial score (nSPS) is 22.1. The number of fused-ring (bicyclic) bond motifs is 1. The maximum Gasteiger partial charge on any atom is 0.429 e. The molecule has 3 aliphatic heterocycles. The predicted molar refractivity (Wildman–Crippen MR) is 158 cm³/mol. The van der Waals surface area contributed by atoms with Crippen molar-refractivity contribution in [1.29, 1.82) is 0 Å². The van der Waals surface area contributed by atoms with Gasteiger partial charge in [0, 0.05) is 39.2 Å². The summed E-state index contributed by atoms with van der Waals surface area (Å²) in [6.45, 7) is 2.52. The second-order valence-corrected chi connectivity index (χ2v) is 14.4. The molecule has 0 aliphatic carbocycles. The van der Waals surface area contributed by atoms with Gasteiger partial charge in [0.25, 0.3) is 11.8 Å². The van der Waals surface area contributed by atoms with E-state index >= 15 is 0 Å². The summed E-state index contributed by atoms with van der Waals surface area (Å²) in [5.41, 5.74) is 1.04. The highest BCUT2D eigenvalue weighted by molar-refractivity contribution is 8.07. The number of likely N-dealkylation sites (N-methyl/N-ethyl adjacent to an activating group) is 1. The zero-order valence-electron chi connectivity index (χ0n) is 22.2. The van der Waals surface area contributed by atoms with Crippen molar-refractivity contribution in [3.63, 3.8) is 0 Å². The molecule has 2 amide bonds. The summed E-state index contributed by atoms with van der Waals surface area (Å²) in [6.07, 6.45) is 6.09. The number of oxime groups is 1. The third-order valence-corrected chi connectivity index (χ3v) is 10.7. The number of amides is 2. The van der Waals surface area contributed by atoms with Gasteiger partial charge in [-0.25, -0.2) is 9.55 Å². The van der Waals surface area contributed by atoms with Crippen molar-refractivity contribution in [3.05, 3.63) is 45.9 Å². The van der Waals surface area contributed by atoms with Gasteiger partial charge in [-0.1, -0.05) is 16.9 Å². The third-order valence-electron chi connectivity index (χ3n) is 5.97. The number of aromatic nitrogens is 3. The molecule has 43 heavy (non-hydrogen) atoms. The Labute approximate surface area is 260 Å². The van der Waals surface area contributed by atoms with Gasteiger partial charge in [-0.2, -0.15) is 9.36 Å². The van der Waals surface area contributed by atoms with E-state index in [0.29, 0.717) is 20.8 Å². The van der Waals surface area contributed by atoms with E-state index in [4.69, 9.17) is 14.6 Å². The van der Waals surface area contributed by atoms with Crippen LogP contribution >= 0.6 is 54.1 Å². The molecule has 0 saturated carbocycles. The van der Waals surface area contributed by atoms with Crippen LogP contribution in [0, 0.1) is 0 Å². The van der Waals surface area contributed by atoms with Crippen molar-refractivity contribution in [3.8, 4) is 0 Å². The van der Waals surface area contributed by atoms with Crippen molar-refractivity contribution in [2.45, 2.75) is 22.7 Å². The van der Waals surface area contributed by atoms with E-state index in [1.165, 1.54) is 28.0 Å². The average molecular weight is 687 g/mol. The largest absolute Gasteiger partial charge is 0.543 e. The Morgan fingerprint density at radius 2 is 2.16 bits per heavy atom. The Hall–Kier alpha value is -3.10. The lowest BCUT2D eigenvalue weighted by molar-refractivity contribution is -0.818. The lowest BCUT2D eigenvalue weighted by Crippen LogP contribution is -3.04. The molecule has 3 unspecified atom stereocenters. The highest BCUT2D eigenvalue weighted by Crippen LogP contribution is 2.45. The van der Waals surface area contributed by atoms with Gasteiger partial charge in [-0.05, 0) is 13.0 Å². The summed E-state index contributed by atoms with van der Waals surface area (Å²) in [4.78, 5) is 72.8. The number of nitrogens with one attached hydrogen (secondary N) is 3. The Bertz CT molecular complexity index is 1630. The summed E-state index contributed by atoms with van der Waals surface area (Å²) in [5, 5.41) is 21.2. The van der Waals surface area contributed by atoms with Gasteiger partial charge in [-0.15, -0.1) is 23.1 Å². The van der Waals surface area contributed by atoms with Crippen LogP contribution < -0.4 is 20.4 Å². The molecule has 5 heterocycles. The number of hydrogen-bond donors (Lipinski definition) is 5. The lowest BCUT2D eigenvalue weighted by atomic mass is 10.0. The van der Waals surface area contributed by atoms with Gasteiger partial charge in [0.2, 0.25) is 16.7 Å². The molecule has 0 aromatic carbocycles. The highest BCUT2D eigenvalue weighted by atomic mass is 32.2. The van der Waals surface area contributed by atoms with E-state index in [-0.39, 0.29) is 29.0 Å². The van der Waals surface area contributed by atoms with Gasteiger partial charge in [-0.3, -0.25) is 19.6 Å². The van der Waals surface area contributed by atoms with Gasteiger partial charge < -0.3 is 34.7 Å². The zero-order valence-corrected chi connectivity index (χ0v) is 26.4. The topological polar surface area (TPSA) is 224 Å². The maximum absolute atomic E-state index is 13.2. The molecule has 2 aromatic rings. The van der Waals surface area contributed by atoms with Crippen LogP contribution in [0.15, 0.2) is 43.8 Å². The summed E-state index contributed by atoms with van der Waals surface area (Å²) in [5.74, 6) is -3.16. The first-order valence-electron chi connectivity index (χ1n) is 12.4. The maximum atomic E-state index is 13.2. The molecule has 5 N–H and O–H groups in total. The predicted octanol–water partition coefficient (Wildman–Crippen LogP) is -1.18. The number of rotatable bonds is 11. The smallest absolute Gasteiger partial charge is 0.429 e. The van der Waals surface area contributed by atoms with Crippen LogP contribution in [0.2, 0.25) is 0 Å². The molecule has 2 aromatic heterocycles. The molecule has 21 heteroatoms. The van der Waals surface area contributed by atoms with Crippen LogP contribution in [0.3, 0.4) is 0 Å². The fourth-order valence-electron chi connectivity index (χ4n) is 4.04. The molecule has 1 saturated heterocycles. The van der Waals surface area contributed by atoms with E-state index in [2.05, 4.69) is 30.9 Å². The first-order chi connectivity index (χ1) is 20.4. The molecular weight excluding hydrogens is 664 g/mol. The zero-order chi connectivity index (χ0) is 30.9. The number of anilines is 1. The van der Waals surface area contributed by atoms with Crippen LogP contribution in [0.4, 0.5) is 5.13 Å². The lowest BCUT2D eigenvalue weighted by Gasteiger charge is -2.50. The van der Waals surface area contributed by atoms with Gasteiger partial charge in [0.05, 0.1) is 30.6 Å². The third kappa shape index (κ3) is 7.01. The SMILES string of the molecule is CCON=C(C(=O)NC1C(=O)N2C(C(=O)[O-])=C(Sc3nc(C4=CC[NH+](C)C=C4)cs3)CSC12)c1nsc(NP(=O)(O)O)n1. The Kier molecular flexibility index (Phi) is 9.37. The Balaban J connectivity index is 1.30. The summed E-state index contributed by atoms with van der Waals surface area (Å²) in [7, 11) is -2.64. The van der Waals surface area contributed by atoms with Crippen molar-refractivity contribution in [2.75, 3.05) is 31.0 Å². The minimum absolute atomic E-state index is 0.0799. The first kappa shape index (κ1) is 31.3. The molecule has 0 radical (unpaired) electrons. The van der Waals surface area contributed by atoms with Crippen LogP contribution in [-0.4, -0.2) is 89.9 Å². The number of β-lactam (4-membered cyclic amide) rings is 1. The number of aliphatic carboxylic acids is 1. The monoisotopic (exact) mass is 686 g/mol. The van der Waals surface area contributed by atoms with E-state index in [1.807, 2.05) is 29.8 Å². The molecule has 3 atom stereocenters. The number of thioether (sulfide) groups is 2. The van der Waals surface area contributed by atoms with E-state index in [9.17, 15) is 24.1 Å². The van der Waals surface area contributed by atoms with Crippen molar-refractivity contribution in [2.24, 2.45) is 5.16 Å². The van der Waals surface area contributed by atoms with Crippen LogP contribution in [0.25, 0.3) is 5.57 Å². The Morgan fingerprint density at radius 3 is 2.84 bits per heavy atom. The molecule has 0 spiro atoms. The van der Waals surface area contributed by atoms with Crippen LogP contribution in [0.5, 0.6) is 0 Å². The number of nitrogens with zero attached hydrogens (tertiary/aromatic N) is 5. The number of carboxylic acid groups (broad SMARTS) is 1. The number of quaternary nitrogens is 1. The molecule has 228 valence electrons. The minimum Gasteiger partial charge on any atom is -0.543 e. The second-order valence-electron chi connectivity index (χ2n) is 9.00. The minimum atomic E-state index is -4.68. The van der Waals surface area contributed by atoms with Crippen LogP contribution in [-0.2, 0) is 23.8 Å². The quantitative estimate of drug-likeness (QED) is 0.0813. The van der Waals surface area contributed by atoms with E-state index in [0.717, 1.165) is 34.5 Å². The fraction of sp³-hybridized carbons (Fsp3) is 0.318. The van der Waals surface area contributed by atoms with E-state index < -0.39 is 42.7 Å². The molecule has 3 aliphatic rings. The van der Waals surface area contributed by atoms with Crippen molar-refractivity contribution < 1.29 is 43.6 Å². The second kappa shape index (κ2) is 12.9. The average Bonchev–Trinajstić information content (AvgIpc) is 3.60. The summed E-state index contributed by atoms with van der Waals surface area (Å²) in [6, 6.07) is -1.10. The number of hydrogen-bond acceptors (Lipinski definition) is 14. The molecule has 16 nitrogen and oxygen atoms in total. The molecule has 1 fully saturated rings. The summed E-state index contributed by atoms with van der Waals surface area (Å²) < 4.78 is 15.7. The number of thiazole rings is 1. The number of carboxylic acids is 1. The fourth-order valence-corrected chi connectivity index (χ4v) is 8.75. The van der Waals surface area contributed by atoms with Gasteiger partial charge in [0.1, 0.15) is 24.6 Å². The standard InChI is InChI=1S/C22H23N8O8PS4/c1-3-38-26-13(16-25-21(43-28-16)27-39(35,36)37)17(31)24-14-18(32)30-15(20(33)34)12(9-40-19(14)30)42-22-23-11(8-41-22)10-4-6-29(2)7-5-10/h4-6,8,14,19H,3,7,9H2,1-2H3,(H,24,31)(H,33,34)(H3,25,27,28,35,36,37). The number of carbonyl (C=O) groups excluding carboxylic acids is 3. The molecule has 0 bridgehead atoms. The van der Waals surface area contributed by atoms with Gasteiger partial charge >= 0.3 is 7.75 Å². The van der Waals surface area contributed by atoms with E-state index in [1.54, 1.807) is 6.92 Å². The van der Waals surface area contributed by atoms with Crippen molar-refractivity contribution >= 4 is 88.3 Å². The van der Waals surface area contributed by atoms with Crippen molar-refractivity contribution in [1.82, 2.24) is 24.6 Å². The number of allylic oxidation sites excluding steroid dienone is 2. The highest BCUT2D eigenvalue weighted by Gasteiger charge is 2.53. The Morgan fingerprint density at radius 1 is 1.37 bits per heavy atom. The summed E-state index contributed by atoms with van der Waals surface area (Å²) >= 11 is 4.35. The molecular formula is C22H23N8O8PS4. The van der Waals surface area contributed by atoms with Gasteiger partial charge in [0.15, 0.2) is 4.34 Å². The molecule has 5 rings (SSSR count). The number of carbonyl (C=O) groups is 3. The van der Waals surface area contributed by atoms with Crippen LogP contribution in [0.1, 0.15) is 18.4 Å². The first-order valence-corrected chi connectivity index (χ1v) is 17.5.